The van der Waals surface area contributed by atoms with Gasteiger partial charge in [-0.2, -0.15) is 0 Å². The molecule has 3 nitrogen and oxygen atoms in total. The van der Waals surface area contributed by atoms with Crippen LogP contribution in [0.1, 0.15) is 6.42 Å². The third kappa shape index (κ3) is 3.08. The first-order valence-electron chi connectivity index (χ1n) is 6.69. The molecule has 1 heterocycles. The van der Waals surface area contributed by atoms with Gasteiger partial charge >= 0.3 is 0 Å². The predicted molar refractivity (Wildman–Crippen MR) is 92.8 cm³/mol. The van der Waals surface area contributed by atoms with Crippen molar-refractivity contribution in [1.82, 2.24) is 0 Å². The maximum absolute atomic E-state index is 13.0. The summed E-state index contributed by atoms with van der Waals surface area (Å²) in [6, 6.07) is 11.9. The van der Waals surface area contributed by atoms with Crippen LogP contribution in [0.15, 0.2) is 52.3 Å². The lowest BCUT2D eigenvalue weighted by atomic mass is 10.3. The summed E-state index contributed by atoms with van der Waals surface area (Å²) in [6.45, 7) is 0.441. The van der Waals surface area contributed by atoms with E-state index in [1.54, 1.807) is 11.8 Å². The number of para-hydroxylation sites is 1. The number of nitrogens with zero attached hydrogens (tertiary/aromatic N) is 1. The number of fused-ring (bicyclic) bond motifs is 1. The fraction of sp³-hybridized carbons (Fsp3) is 0.200. The van der Waals surface area contributed by atoms with Gasteiger partial charge in [-0.25, -0.2) is 8.42 Å². The molecule has 0 spiro atoms. The third-order valence-electron chi connectivity index (χ3n) is 3.32. The lowest BCUT2D eigenvalue weighted by Crippen LogP contribution is -2.32. The molecule has 0 atom stereocenters. The van der Waals surface area contributed by atoms with Crippen LogP contribution in [0.2, 0.25) is 10.0 Å². The molecule has 116 valence electrons. The Morgan fingerprint density at radius 3 is 2.45 bits per heavy atom. The summed E-state index contributed by atoms with van der Waals surface area (Å²) >= 11 is 13.6. The molecular formula is C15H13Cl2NO2S2. The summed E-state index contributed by atoms with van der Waals surface area (Å²) in [6.07, 6.45) is 0.785. The minimum atomic E-state index is -3.69. The van der Waals surface area contributed by atoms with Gasteiger partial charge in [0.15, 0.2) is 0 Å². The first kappa shape index (κ1) is 16.0. The van der Waals surface area contributed by atoms with Gasteiger partial charge in [-0.3, -0.25) is 4.31 Å². The lowest BCUT2D eigenvalue weighted by Gasteiger charge is -2.24. The minimum Gasteiger partial charge on any atom is -0.265 e. The van der Waals surface area contributed by atoms with Crippen molar-refractivity contribution in [2.75, 3.05) is 16.6 Å². The van der Waals surface area contributed by atoms with Crippen molar-refractivity contribution in [3.05, 3.63) is 52.5 Å². The van der Waals surface area contributed by atoms with Crippen LogP contribution < -0.4 is 4.31 Å². The van der Waals surface area contributed by atoms with Crippen molar-refractivity contribution in [3.63, 3.8) is 0 Å². The van der Waals surface area contributed by atoms with Crippen LogP contribution in [-0.4, -0.2) is 20.7 Å². The van der Waals surface area contributed by atoms with Gasteiger partial charge in [0.1, 0.15) is 0 Å². The molecular weight excluding hydrogens is 361 g/mol. The van der Waals surface area contributed by atoms with E-state index >= 15 is 0 Å². The zero-order valence-corrected chi connectivity index (χ0v) is 14.6. The van der Waals surface area contributed by atoms with Gasteiger partial charge in [-0.1, -0.05) is 35.3 Å². The fourth-order valence-corrected chi connectivity index (χ4v) is 5.65. The Bertz CT molecular complexity index is 789. The number of hydrogen-bond acceptors (Lipinski definition) is 3. The van der Waals surface area contributed by atoms with Crippen LogP contribution >= 0.6 is 35.0 Å². The maximum atomic E-state index is 13.0. The van der Waals surface area contributed by atoms with Crippen molar-refractivity contribution < 1.29 is 8.42 Å². The second-order valence-corrected chi connectivity index (χ2v) is 8.72. The summed E-state index contributed by atoms with van der Waals surface area (Å²) in [7, 11) is -3.69. The van der Waals surface area contributed by atoms with E-state index in [1.165, 1.54) is 22.5 Å². The molecule has 0 saturated heterocycles. The monoisotopic (exact) mass is 373 g/mol. The second kappa shape index (κ2) is 6.32. The van der Waals surface area contributed by atoms with Crippen molar-refractivity contribution in [2.45, 2.75) is 16.2 Å². The lowest BCUT2D eigenvalue weighted by molar-refractivity contribution is 0.590. The molecule has 0 N–H and O–H groups in total. The number of benzene rings is 2. The first-order chi connectivity index (χ1) is 10.5. The minimum absolute atomic E-state index is 0.117. The van der Waals surface area contributed by atoms with Gasteiger partial charge < -0.3 is 0 Å². The van der Waals surface area contributed by atoms with Crippen LogP contribution in [0.25, 0.3) is 0 Å². The third-order valence-corrected chi connectivity index (χ3v) is 6.70. The van der Waals surface area contributed by atoms with Crippen LogP contribution in [-0.2, 0) is 10.0 Å². The molecule has 0 aromatic heterocycles. The van der Waals surface area contributed by atoms with Gasteiger partial charge in [-0.05, 0) is 42.5 Å². The summed E-state index contributed by atoms with van der Waals surface area (Å²) in [5.74, 6) is 0.888. The summed E-state index contributed by atoms with van der Waals surface area (Å²) in [5.41, 5.74) is 0.709. The largest absolute Gasteiger partial charge is 0.265 e. The fourth-order valence-electron chi connectivity index (χ4n) is 2.35. The molecule has 1 aliphatic rings. The second-order valence-electron chi connectivity index (χ2n) is 4.85. The molecule has 22 heavy (non-hydrogen) atoms. The molecule has 0 fully saturated rings. The van der Waals surface area contributed by atoms with E-state index in [0.717, 1.165) is 17.1 Å². The topological polar surface area (TPSA) is 37.4 Å². The van der Waals surface area contributed by atoms with Crippen LogP contribution in [0.4, 0.5) is 5.69 Å². The number of thioether (sulfide) groups is 1. The van der Waals surface area contributed by atoms with E-state index in [0.29, 0.717) is 22.3 Å². The van der Waals surface area contributed by atoms with E-state index < -0.39 is 10.0 Å². The molecule has 0 bridgehead atoms. The van der Waals surface area contributed by atoms with E-state index in [2.05, 4.69) is 0 Å². The standard InChI is InChI=1S/C15H13Cl2NO2S2/c16-11-8-12(17)10-13(9-11)22(19,20)18-6-3-7-21-15-5-2-1-4-14(15)18/h1-2,4-5,8-10H,3,6-7H2. The quantitative estimate of drug-likeness (QED) is 0.766. The molecule has 0 radical (unpaired) electrons. The first-order valence-corrected chi connectivity index (χ1v) is 9.87. The average Bonchev–Trinajstić information content (AvgIpc) is 2.69. The van der Waals surface area contributed by atoms with E-state index in [9.17, 15) is 8.42 Å². The predicted octanol–water partition coefficient (Wildman–Crippen LogP) is 4.68. The number of sulfonamides is 1. The highest BCUT2D eigenvalue weighted by molar-refractivity contribution is 7.99. The zero-order chi connectivity index (χ0) is 15.7. The SMILES string of the molecule is O=S(=O)(c1cc(Cl)cc(Cl)c1)N1CCCSc2ccccc21. The number of halogens is 2. The van der Waals surface area contributed by atoms with Crippen LogP contribution in [0.5, 0.6) is 0 Å². The number of hydrogen-bond donors (Lipinski definition) is 0. The average molecular weight is 374 g/mol. The van der Waals surface area contributed by atoms with E-state index in [1.807, 2.05) is 24.3 Å². The zero-order valence-electron chi connectivity index (χ0n) is 11.5. The molecule has 0 aliphatic carbocycles. The van der Waals surface area contributed by atoms with Gasteiger partial charge in [0.05, 0.1) is 10.6 Å². The van der Waals surface area contributed by atoms with Crippen molar-refractivity contribution in [2.24, 2.45) is 0 Å². The molecule has 7 heteroatoms. The van der Waals surface area contributed by atoms with E-state index in [4.69, 9.17) is 23.2 Å². The van der Waals surface area contributed by atoms with Crippen LogP contribution in [0, 0.1) is 0 Å². The molecule has 0 amide bonds. The summed E-state index contributed by atoms with van der Waals surface area (Å²) < 4.78 is 27.5. The highest BCUT2D eigenvalue weighted by Crippen LogP contribution is 2.37. The number of anilines is 1. The summed E-state index contributed by atoms with van der Waals surface area (Å²) in [4.78, 5) is 1.09. The number of rotatable bonds is 2. The smallest absolute Gasteiger partial charge is 0.264 e. The Morgan fingerprint density at radius 2 is 1.73 bits per heavy atom. The Morgan fingerprint density at radius 1 is 1.05 bits per heavy atom. The van der Waals surface area contributed by atoms with Crippen molar-refractivity contribution >= 4 is 50.7 Å². The summed E-state index contributed by atoms with van der Waals surface area (Å²) in [5, 5.41) is 0.618. The van der Waals surface area contributed by atoms with Crippen molar-refractivity contribution in [3.8, 4) is 0 Å². The van der Waals surface area contributed by atoms with Crippen LogP contribution in [0.3, 0.4) is 0 Å². The van der Waals surface area contributed by atoms with Crippen molar-refractivity contribution in [1.29, 1.82) is 0 Å². The Labute approximate surface area is 144 Å². The Kier molecular flexibility index (Phi) is 4.59. The molecule has 1 aliphatic heterocycles. The van der Waals surface area contributed by atoms with Gasteiger partial charge in [0, 0.05) is 21.5 Å². The van der Waals surface area contributed by atoms with E-state index in [-0.39, 0.29) is 4.90 Å². The maximum Gasteiger partial charge on any atom is 0.264 e. The van der Waals surface area contributed by atoms with Gasteiger partial charge in [0.25, 0.3) is 10.0 Å². The highest BCUT2D eigenvalue weighted by atomic mass is 35.5. The molecule has 0 unspecified atom stereocenters. The Hall–Kier alpha value is -0.880. The van der Waals surface area contributed by atoms with Gasteiger partial charge in [0.2, 0.25) is 0 Å². The molecule has 0 saturated carbocycles. The van der Waals surface area contributed by atoms with Gasteiger partial charge in [-0.15, -0.1) is 11.8 Å². The molecule has 2 aromatic carbocycles. The molecule has 3 rings (SSSR count). The highest BCUT2D eigenvalue weighted by Gasteiger charge is 2.28. The molecule has 2 aromatic rings. The Balaban J connectivity index is 2.12. The normalized spacial score (nSPS) is 15.3.